The van der Waals surface area contributed by atoms with E-state index in [0.717, 1.165) is 24.9 Å². The van der Waals surface area contributed by atoms with Crippen LogP contribution in [0.4, 0.5) is 0 Å². The van der Waals surface area contributed by atoms with Crippen LogP contribution in [-0.2, 0) is 24.1 Å². The van der Waals surface area contributed by atoms with Crippen molar-refractivity contribution in [1.29, 1.82) is 0 Å². The Kier molecular flexibility index (Phi) is 5.32. The molecule has 1 aromatic heterocycles. The molecule has 4 nitrogen and oxygen atoms in total. The molecule has 1 saturated carbocycles. The quantitative estimate of drug-likeness (QED) is 0.822. The van der Waals surface area contributed by atoms with Gasteiger partial charge in [0.05, 0.1) is 6.61 Å². The maximum atomic E-state index is 13.0. The van der Waals surface area contributed by atoms with E-state index < -0.39 is 0 Å². The number of fused-ring (bicyclic) bond motifs is 1. The van der Waals surface area contributed by atoms with Gasteiger partial charge in [0.2, 0.25) is 0 Å². The second-order valence-electron chi connectivity index (χ2n) is 6.63. The van der Waals surface area contributed by atoms with Gasteiger partial charge in [0.25, 0.3) is 5.56 Å². The van der Waals surface area contributed by atoms with Crippen LogP contribution >= 0.6 is 0 Å². The van der Waals surface area contributed by atoms with Crippen LogP contribution < -0.4 is 10.9 Å². The molecule has 0 amide bonds. The standard InChI is InChI=1S/C18H28N2O2/c1-22-11-10-19-13-15-12-14-6-5-9-17(14)20(18(15)21)16-7-3-2-4-8-16/h12,16,19H,2-11,13H2,1H3. The second-order valence-corrected chi connectivity index (χ2v) is 6.63. The highest BCUT2D eigenvalue weighted by Gasteiger charge is 2.24. The number of nitrogens with zero attached hydrogens (tertiary/aromatic N) is 1. The second kappa shape index (κ2) is 7.42. The van der Waals surface area contributed by atoms with Crippen molar-refractivity contribution < 1.29 is 4.74 Å². The molecule has 2 aliphatic carbocycles. The minimum absolute atomic E-state index is 0.248. The summed E-state index contributed by atoms with van der Waals surface area (Å²) in [6.45, 7) is 2.13. The van der Waals surface area contributed by atoms with E-state index in [1.807, 2.05) is 0 Å². The summed E-state index contributed by atoms with van der Waals surface area (Å²) in [5.74, 6) is 0. The zero-order chi connectivity index (χ0) is 15.4. The van der Waals surface area contributed by atoms with Crippen LogP contribution in [0, 0.1) is 0 Å². The molecule has 0 unspecified atom stereocenters. The van der Waals surface area contributed by atoms with Crippen LogP contribution in [-0.4, -0.2) is 24.8 Å². The Morgan fingerprint density at radius 3 is 2.82 bits per heavy atom. The summed E-state index contributed by atoms with van der Waals surface area (Å²) in [4.78, 5) is 13.0. The van der Waals surface area contributed by atoms with Crippen molar-refractivity contribution in [2.24, 2.45) is 0 Å². The molecule has 22 heavy (non-hydrogen) atoms. The zero-order valence-electron chi connectivity index (χ0n) is 13.7. The van der Waals surface area contributed by atoms with Crippen LogP contribution in [0.5, 0.6) is 0 Å². The van der Waals surface area contributed by atoms with Gasteiger partial charge in [-0.05, 0) is 43.7 Å². The molecular formula is C18H28N2O2. The molecule has 2 aliphatic rings. The van der Waals surface area contributed by atoms with Gasteiger partial charge < -0.3 is 14.6 Å². The molecule has 1 heterocycles. The van der Waals surface area contributed by atoms with Crippen LogP contribution in [0.1, 0.15) is 61.4 Å². The number of nitrogens with one attached hydrogen (secondary N) is 1. The summed E-state index contributed by atoms with van der Waals surface area (Å²) < 4.78 is 7.23. The molecule has 1 fully saturated rings. The van der Waals surface area contributed by atoms with Crippen molar-refractivity contribution in [3.63, 3.8) is 0 Å². The average Bonchev–Trinajstić information content (AvgIpc) is 3.00. The molecule has 4 heteroatoms. The van der Waals surface area contributed by atoms with Gasteiger partial charge in [-0.3, -0.25) is 4.79 Å². The topological polar surface area (TPSA) is 43.3 Å². The fourth-order valence-electron chi connectivity index (χ4n) is 3.98. The third kappa shape index (κ3) is 3.28. The normalized spacial score (nSPS) is 18.6. The van der Waals surface area contributed by atoms with Crippen molar-refractivity contribution in [2.45, 2.75) is 64.0 Å². The SMILES string of the molecule is COCCNCc1cc2c(n(C3CCCCC3)c1=O)CCC2. The lowest BCUT2D eigenvalue weighted by molar-refractivity contribution is 0.199. The van der Waals surface area contributed by atoms with Crippen molar-refractivity contribution >= 4 is 0 Å². The summed E-state index contributed by atoms with van der Waals surface area (Å²) in [5.41, 5.74) is 3.92. The Bertz CT molecular complexity index is 559. The fraction of sp³-hybridized carbons (Fsp3) is 0.722. The van der Waals surface area contributed by atoms with E-state index in [1.165, 1.54) is 49.8 Å². The van der Waals surface area contributed by atoms with Gasteiger partial charge in [0.15, 0.2) is 0 Å². The number of aryl methyl sites for hydroxylation is 1. The highest BCUT2D eigenvalue weighted by Crippen LogP contribution is 2.31. The van der Waals surface area contributed by atoms with E-state index in [-0.39, 0.29) is 5.56 Å². The highest BCUT2D eigenvalue weighted by atomic mass is 16.5. The lowest BCUT2D eigenvalue weighted by Crippen LogP contribution is -2.33. The molecule has 0 saturated heterocycles. The van der Waals surface area contributed by atoms with Gasteiger partial charge in [-0.15, -0.1) is 0 Å². The van der Waals surface area contributed by atoms with Gasteiger partial charge >= 0.3 is 0 Å². The van der Waals surface area contributed by atoms with E-state index in [4.69, 9.17) is 4.74 Å². The Morgan fingerprint density at radius 2 is 2.05 bits per heavy atom. The molecule has 122 valence electrons. The average molecular weight is 304 g/mol. The maximum Gasteiger partial charge on any atom is 0.255 e. The number of hydrogen-bond acceptors (Lipinski definition) is 3. The monoisotopic (exact) mass is 304 g/mol. The number of ether oxygens (including phenoxy) is 1. The number of aromatic nitrogens is 1. The van der Waals surface area contributed by atoms with E-state index in [0.29, 0.717) is 19.2 Å². The summed E-state index contributed by atoms with van der Waals surface area (Å²) in [5, 5.41) is 3.33. The van der Waals surface area contributed by atoms with Crippen LogP contribution in [0.15, 0.2) is 10.9 Å². The minimum atomic E-state index is 0.248. The summed E-state index contributed by atoms with van der Waals surface area (Å²) in [6, 6.07) is 2.59. The lowest BCUT2D eigenvalue weighted by Gasteiger charge is -2.27. The first-order chi connectivity index (χ1) is 10.8. The van der Waals surface area contributed by atoms with Gasteiger partial charge in [0, 0.05) is 37.5 Å². The molecule has 0 aromatic carbocycles. The largest absolute Gasteiger partial charge is 0.383 e. The number of rotatable bonds is 6. The smallest absolute Gasteiger partial charge is 0.255 e. The molecule has 0 bridgehead atoms. The highest BCUT2D eigenvalue weighted by molar-refractivity contribution is 5.31. The third-order valence-electron chi connectivity index (χ3n) is 5.10. The van der Waals surface area contributed by atoms with E-state index in [2.05, 4.69) is 16.0 Å². The molecule has 0 spiro atoms. The van der Waals surface area contributed by atoms with Crippen LogP contribution in [0.25, 0.3) is 0 Å². The molecule has 1 aromatic rings. The number of hydrogen-bond donors (Lipinski definition) is 1. The number of pyridine rings is 1. The summed E-state index contributed by atoms with van der Waals surface area (Å²) >= 11 is 0. The third-order valence-corrected chi connectivity index (χ3v) is 5.10. The summed E-state index contributed by atoms with van der Waals surface area (Å²) in [7, 11) is 1.70. The molecule has 0 radical (unpaired) electrons. The van der Waals surface area contributed by atoms with Gasteiger partial charge in [-0.2, -0.15) is 0 Å². The predicted molar refractivity (Wildman–Crippen MR) is 88.4 cm³/mol. The van der Waals surface area contributed by atoms with Gasteiger partial charge in [-0.1, -0.05) is 19.3 Å². The molecular weight excluding hydrogens is 276 g/mol. The van der Waals surface area contributed by atoms with Crippen molar-refractivity contribution in [1.82, 2.24) is 9.88 Å². The number of methoxy groups -OCH3 is 1. The van der Waals surface area contributed by atoms with Crippen molar-refractivity contribution in [3.05, 3.63) is 33.2 Å². The van der Waals surface area contributed by atoms with E-state index >= 15 is 0 Å². The lowest BCUT2D eigenvalue weighted by atomic mass is 9.94. The molecule has 0 aliphatic heterocycles. The first-order valence-corrected chi connectivity index (χ1v) is 8.77. The van der Waals surface area contributed by atoms with E-state index in [9.17, 15) is 4.79 Å². The Morgan fingerprint density at radius 1 is 1.23 bits per heavy atom. The fourth-order valence-corrected chi connectivity index (χ4v) is 3.98. The first-order valence-electron chi connectivity index (χ1n) is 8.77. The maximum absolute atomic E-state index is 13.0. The molecule has 3 rings (SSSR count). The van der Waals surface area contributed by atoms with Crippen molar-refractivity contribution in [2.75, 3.05) is 20.3 Å². The van der Waals surface area contributed by atoms with E-state index in [1.54, 1.807) is 7.11 Å². The van der Waals surface area contributed by atoms with Gasteiger partial charge in [0.1, 0.15) is 0 Å². The van der Waals surface area contributed by atoms with Gasteiger partial charge in [-0.25, -0.2) is 0 Å². The Hall–Kier alpha value is -1.13. The Balaban J connectivity index is 1.86. The zero-order valence-corrected chi connectivity index (χ0v) is 13.7. The molecule has 0 atom stereocenters. The first kappa shape index (κ1) is 15.8. The predicted octanol–water partition coefficient (Wildman–Crippen LogP) is 2.58. The minimum Gasteiger partial charge on any atom is -0.383 e. The van der Waals surface area contributed by atoms with Crippen molar-refractivity contribution in [3.8, 4) is 0 Å². The van der Waals surface area contributed by atoms with Crippen LogP contribution in [0.3, 0.4) is 0 Å². The van der Waals surface area contributed by atoms with Crippen LogP contribution in [0.2, 0.25) is 0 Å². The Labute approximate surface area is 132 Å². The summed E-state index contributed by atoms with van der Waals surface area (Å²) in [6.07, 6.45) is 9.61. The molecule has 1 N–H and O–H groups in total.